The molecule has 116 valence electrons. The van der Waals surface area contributed by atoms with E-state index in [1.807, 2.05) is 0 Å². The predicted octanol–water partition coefficient (Wildman–Crippen LogP) is 0.447. The van der Waals surface area contributed by atoms with Crippen LogP contribution in [0.3, 0.4) is 0 Å². The molecule has 0 aliphatic heterocycles. The van der Waals surface area contributed by atoms with Gasteiger partial charge in [-0.1, -0.05) is 6.07 Å². The van der Waals surface area contributed by atoms with Crippen LogP contribution in [0.5, 0.6) is 0 Å². The standard InChI is InChI=1S/C11H18N2O4S2.ClH/c1-9-4-5-10(18(2,14)15)8-11(9)19(16,17)13-7-3-6-12;/h4-5,8,13H,3,6-7,12H2,1-2H3;1H. The van der Waals surface area contributed by atoms with E-state index in [2.05, 4.69) is 4.72 Å². The maximum absolute atomic E-state index is 12.1. The molecule has 9 heteroatoms. The first-order valence-corrected chi connectivity index (χ1v) is 9.06. The lowest BCUT2D eigenvalue weighted by molar-refractivity contribution is 0.578. The lowest BCUT2D eigenvalue weighted by Crippen LogP contribution is -2.27. The molecule has 0 atom stereocenters. The van der Waals surface area contributed by atoms with Crippen molar-refractivity contribution in [1.82, 2.24) is 4.72 Å². The summed E-state index contributed by atoms with van der Waals surface area (Å²) in [5.74, 6) is 0. The average Bonchev–Trinajstić information content (AvgIpc) is 2.27. The summed E-state index contributed by atoms with van der Waals surface area (Å²) in [6, 6.07) is 4.05. The Hall–Kier alpha value is -0.670. The summed E-state index contributed by atoms with van der Waals surface area (Å²) in [4.78, 5) is -0.0373. The number of hydrogen-bond donors (Lipinski definition) is 2. The summed E-state index contributed by atoms with van der Waals surface area (Å²) in [6.07, 6.45) is 1.56. The lowest BCUT2D eigenvalue weighted by Gasteiger charge is -2.10. The second-order valence-electron chi connectivity index (χ2n) is 4.24. The molecule has 1 aromatic rings. The van der Waals surface area contributed by atoms with Crippen LogP contribution in [0.1, 0.15) is 12.0 Å². The van der Waals surface area contributed by atoms with Crippen molar-refractivity contribution in [1.29, 1.82) is 0 Å². The third-order valence-electron chi connectivity index (χ3n) is 2.55. The number of halogens is 1. The second kappa shape index (κ2) is 7.37. The number of nitrogens with two attached hydrogens (primary N) is 1. The molecule has 0 saturated carbocycles. The highest BCUT2D eigenvalue weighted by atomic mass is 35.5. The van der Waals surface area contributed by atoms with Gasteiger partial charge in [-0.3, -0.25) is 0 Å². The average molecular weight is 343 g/mol. The second-order valence-corrected chi connectivity index (χ2v) is 7.99. The summed E-state index contributed by atoms with van der Waals surface area (Å²) in [7, 11) is -7.16. The van der Waals surface area contributed by atoms with E-state index in [4.69, 9.17) is 5.73 Å². The van der Waals surface area contributed by atoms with Crippen molar-refractivity contribution < 1.29 is 16.8 Å². The molecule has 0 bridgehead atoms. The van der Waals surface area contributed by atoms with Gasteiger partial charge in [-0.05, 0) is 37.6 Å². The molecule has 6 nitrogen and oxygen atoms in total. The topological polar surface area (TPSA) is 106 Å². The Morgan fingerprint density at radius 2 is 1.80 bits per heavy atom. The maximum Gasteiger partial charge on any atom is 0.240 e. The largest absolute Gasteiger partial charge is 0.330 e. The minimum atomic E-state index is -3.72. The maximum atomic E-state index is 12.1. The van der Waals surface area contributed by atoms with Crippen LogP contribution in [0, 0.1) is 6.92 Å². The van der Waals surface area contributed by atoms with E-state index in [0.717, 1.165) is 6.26 Å². The summed E-state index contributed by atoms with van der Waals surface area (Å²) in [5, 5.41) is 0. The number of rotatable bonds is 6. The normalized spacial score (nSPS) is 11.9. The van der Waals surface area contributed by atoms with Gasteiger partial charge in [0.1, 0.15) is 0 Å². The fourth-order valence-corrected chi connectivity index (χ4v) is 3.55. The van der Waals surface area contributed by atoms with E-state index >= 15 is 0 Å². The molecular formula is C11H19ClN2O4S2. The fourth-order valence-electron chi connectivity index (χ4n) is 1.49. The highest BCUT2D eigenvalue weighted by Gasteiger charge is 2.19. The van der Waals surface area contributed by atoms with Crippen LogP contribution in [0.25, 0.3) is 0 Å². The van der Waals surface area contributed by atoms with Gasteiger partial charge >= 0.3 is 0 Å². The van der Waals surface area contributed by atoms with Crippen LogP contribution in [0.15, 0.2) is 28.0 Å². The first kappa shape index (κ1) is 19.3. The van der Waals surface area contributed by atoms with E-state index < -0.39 is 19.9 Å². The molecule has 1 rings (SSSR count). The summed E-state index contributed by atoms with van der Waals surface area (Å²) in [6.45, 7) is 2.22. The molecule has 0 aromatic heterocycles. The number of sulfone groups is 1. The van der Waals surface area contributed by atoms with Crippen LogP contribution in [0.4, 0.5) is 0 Å². The van der Waals surface area contributed by atoms with Gasteiger partial charge in [-0.2, -0.15) is 0 Å². The van der Waals surface area contributed by atoms with Crippen molar-refractivity contribution in [3.05, 3.63) is 23.8 Å². The van der Waals surface area contributed by atoms with Gasteiger partial charge in [-0.15, -0.1) is 12.4 Å². The minimum Gasteiger partial charge on any atom is -0.330 e. The molecule has 0 radical (unpaired) electrons. The van der Waals surface area contributed by atoms with Crippen LogP contribution < -0.4 is 10.5 Å². The van der Waals surface area contributed by atoms with Gasteiger partial charge in [0, 0.05) is 12.8 Å². The molecule has 0 fully saturated rings. The number of hydrogen-bond acceptors (Lipinski definition) is 5. The quantitative estimate of drug-likeness (QED) is 0.730. The molecular weight excluding hydrogens is 324 g/mol. The van der Waals surface area contributed by atoms with Crippen molar-refractivity contribution in [3.8, 4) is 0 Å². The minimum absolute atomic E-state index is 0. The molecule has 0 unspecified atom stereocenters. The van der Waals surface area contributed by atoms with E-state index in [0.29, 0.717) is 18.5 Å². The van der Waals surface area contributed by atoms with Crippen molar-refractivity contribution in [2.75, 3.05) is 19.3 Å². The third-order valence-corrected chi connectivity index (χ3v) is 5.26. The van der Waals surface area contributed by atoms with Gasteiger partial charge in [0.05, 0.1) is 9.79 Å². The Morgan fingerprint density at radius 3 is 2.30 bits per heavy atom. The van der Waals surface area contributed by atoms with Gasteiger partial charge in [0.15, 0.2) is 9.84 Å². The van der Waals surface area contributed by atoms with Crippen LogP contribution >= 0.6 is 12.4 Å². The fraction of sp³-hybridized carbons (Fsp3) is 0.455. The van der Waals surface area contributed by atoms with E-state index in [9.17, 15) is 16.8 Å². The Morgan fingerprint density at radius 1 is 1.20 bits per heavy atom. The molecule has 0 aliphatic carbocycles. The van der Waals surface area contributed by atoms with Gasteiger partial charge < -0.3 is 5.73 Å². The van der Waals surface area contributed by atoms with Gasteiger partial charge in [0.2, 0.25) is 10.0 Å². The Balaban J connectivity index is 0.00000361. The van der Waals surface area contributed by atoms with Crippen molar-refractivity contribution in [2.45, 2.75) is 23.1 Å². The van der Waals surface area contributed by atoms with Crippen molar-refractivity contribution in [3.63, 3.8) is 0 Å². The summed E-state index contributed by atoms with van der Waals surface area (Å²) >= 11 is 0. The summed E-state index contributed by atoms with van der Waals surface area (Å²) in [5.41, 5.74) is 5.79. The number of nitrogens with one attached hydrogen (secondary N) is 1. The molecule has 3 N–H and O–H groups in total. The van der Waals surface area contributed by atoms with E-state index in [1.165, 1.54) is 18.2 Å². The zero-order valence-corrected chi connectivity index (χ0v) is 13.7. The van der Waals surface area contributed by atoms with Crippen molar-refractivity contribution >= 4 is 32.3 Å². The zero-order valence-electron chi connectivity index (χ0n) is 11.3. The number of sulfonamides is 1. The Kier molecular flexibility index (Phi) is 7.12. The SMILES string of the molecule is Cc1ccc(S(C)(=O)=O)cc1S(=O)(=O)NCCCN.Cl. The molecule has 0 aliphatic rings. The Bertz CT molecular complexity index is 657. The molecule has 0 saturated heterocycles. The third kappa shape index (κ3) is 5.02. The first-order valence-electron chi connectivity index (χ1n) is 5.69. The van der Waals surface area contributed by atoms with Gasteiger partial charge in [0.25, 0.3) is 0 Å². The molecule has 0 spiro atoms. The highest BCUT2D eigenvalue weighted by Crippen LogP contribution is 2.19. The van der Waals surface area contributed by atoms with E-state index in [1.54, 1.807) is 6.92 Å². The number of benzene rings is 1. The lowest BCUT2D eigenvalue weighted by atomic mass is 10.2. The first-order chi connectivity index (χ1) is 8.68. The van der Waals surface area contributed by atoms with Crippen LogP contribution in [0.2, 0.25) is 0 Å². The van der Waals surface area contributed by atoms with E-state index in [-0.39, 0.29) is 28.7 Å². The molecule has 0 amide bonds. The molecule has 1 aromatic carbocycles. The molecule has 20 heavy (non-hydrogen) atoms. The summed E-state index contributed by atoms with van der Waals surface area (Å²) < 4.78 is 49.4. The van der Waals surface area contributed by atoms with Gasteiger partial charge in [-0.25, -0.2) is 21.6 Å². The van der Waals surface area contributed by atoms with Crippen LogP contribution in [-0.4, -0.2) is 36.2 Å². The van der Waals surface area contributed by atoms with Crippen LogP contribution in [-0.2, 0) is 19.9 Å². The molecule has 0 heterocycles. The predicted molar refractivity (Wildman–Crippen MR) is 80.4 cm³/mol. The smallest absolute Gasteiger partial charge is 0.240 e. The monoisotopic (exact) mass is 342 g/mol. The zero-order chi connectivity index (χ0) is 14.7. The number of aryl methyl sites for hydroxylation is 1. The van der Waals surface area contributed by atoms with Crippen molar-refractivity contribution in [2.24, 2.45) is 5.73 Å². The highest BCUT2D eigenvalue weighted by molar-refractivity contribution is 7.91. The Labute approximate surface area is 126 Å².